The predicted molar refractivity (Wildman–Crippen MR) is 67.2 cm³/mol. The van der Waals surface area contributed by atoms with Crippen molar-refractivity contribution in [1.82, 2.24) is 9.88 Å². The summed E-state index contributed by atoms with van der Waals surface area (Å²) in [6.07, 6.45) is 0.589. The zero-order valence-electron chi connectivity index (χ0n) is 10.7. The van der Waals surface area contributed by atoms with Gasteiger partial charge in [-0.1, -0.05) is 0 Å². The fourth-order valence-electron chi connectivity index (χ4n) is 1.94. The molecule has 1 atom stereocenters. The molecule has 1 aliphatic rings. The first kappa shape index (κ1) is 12.4. The lowest BCUT2D eigenvalue weighted by Gasteiger charge is -2.34. The van der Waals surface area contributed by atoms with E-state index in [9.17, 15) is 4.79 Å². The van der Waals surface area contributed by atoms with Crippen LogP contribution in [0.4, 0.5) is 4.79 Å². The van der Waals surface area contributed by atoms with Crippen molar-refractivity contribution in [2.24, 2.45) is 0 Å². The lowest BCUT2D eigenvalue weighted by Crippen LogP contribution is -2.41. The quantitative estimate of drug-likeness (QED) is 0.714. The zero-order valence-corrected chi connectivity index (χ0v) is 11.5. The van der Waals surface area contributed by atoms with Gasteiger partial charge in [-0.05, 0) is 27.7 Å². The molecular weight excluding hydrogens is 236 g/mol. The normalized spacial score (nSPS) is 20.0. The lowest BCUT2D eigenvalue weighted by molar-refractivity contribution is 0.0162. The molecule has 94 valence electrons. The average molecular weight is 254 g/mol. The van der Waals surface area contributed by atoms with E-state index >= 15 is 0 Å². The number of rotatable bonds is 0. The number of ether oxygens (including phenoxy) is 1. The highest BCUT2D eigenvalue weighted by Crippen LogP contribution is 2.32. The average Bonchev–Trinajstić information content (AvgIpc) is 2.63. The molecule has 2 heterocycles. The van der Waals surface area contributed by atoms with E-state index in [1.165, 1.54) is 4.88 Å². The maximum Gasteiger partial charge on any atom is 0.410 e. The highest BCUT2D eigenvalue weighted by molar-refractivity contribution is 7.09. The first-order valence-electron chi connectivity index (χ1n) is 5.80. The van der Waals surface area contributed by atoms with E-state index < -0.39 is 5.60 Å². The summed E-state index contributed by atoms with van der Waals surface area (Å²) in [6, 6.07) is 0.0705. The fourth-order valence-corrected chi connectivity index (χ4v) is 2.85. The van der Waals surface area contributed by atoms with Crippen LogP contribution in [-0.2, 0) is 11.2 Å². The fraction of sp³-hybridized carbons (Fsp3) is 0.667. The molecule has 1 aromatic rings. The Bertz CT molecular complexity index is 422. The van der Waals surface area contributed by atoms with Gasteiger partial charge < -0.3 is 9.64 Å². The molecule has 0 bridgehead atoms. The van der Waals surface area contributed by atoms with Crippen LogP contribution in [0, 0.1) is 0 Å². The molecule has 0 unspecified atom stereocenters. The molecule has 1 aromatic heterocycles. The molecule has 1 aliphatic heterocycles. The number of hydrogen-bond acceptors (Lipinski definition) is 4. The summed E-state index contributed by atoms with van der Waals surface area (Å²) in [6.45, 7) is 8.37. The van der Waals surface area contributed by atoms with Crippen molar-refractivity contribution in [2.75, 3.05) is 6.54 Å². The van der Waals surface area contributed by atoms with Gasteiger partial charge in [-0.3, -0.25) is 0 Å². The van der Waals surface area contributed by atoms with Crippen molar-refractivity contribution in [3.8, 4) is 0 Å². The second-order valence-electron chi connectivity index (χ2n) is 5.26. The first-order chi connectivity index (χ1) is 7.88. The summed E-state index contributed by atoms with van der Waals surface area (Å²) in [4.78, 5) is 19.3. The molecule has 0 saturated carbocycles. The van der Waals surface area contributed by atoms with Gasteiger partial charge in [-0.15, -0.1) is 11.3 Å². The van der Waals surface area contributed by atoms with E-state index in [2.05, 4.69) is 4.98 Å². The summed E-state index contributed by atoms with van der Waals surface area (Å²) >= 11 is 1.61. The van der Waals surface area contributed by atoms with Crippen molar-refractivity contribution in [2.45, 2.75) is 45.8 Å². The molecule has 0 spiro atoms. The molecular formula is C12H18N2O2S. The molecule has 0 saturated heterocycles. The Morgan fingerprint density at radius 3 is 2.94 bits per heavy atom. The summed E-state index contributed by atoms with van der Waals surface area (Å²) in [7, 11) is 0. The molecule has 1 amide bonds. The van der Waals surface area contributed by atoms with Crippen LogP contribution in [0.5, 0.6) is 0 Å². The first-order valence-corrected chi connectivity index (χ1v) is 6.68. The number of hydrogen-bond donors (Lipinski definition) is 0. The molecule has 0 N–H and O–H groups in total. The number of aromatic nitrogens is 1. The van der Waals surface area contributed by atoms with E-state index in [-0.39, 0.29) is 12.1 Å². The zero-order chi connectivity index (χ0) is 12.6. The van der Waals surface area contributed by atoms with Gasteiger partial charge in [0.25, 0.3) is 0 Å². The minimum atomic E-state index is -0.440. The highest BCUT2D eigenvalue weighted by Gasteiger charge is 2.32. The lowest BCUT2D eigenvalue weighted by atomic mass is 10.1. The van der Waals surface area contributed by atoms with Gasteiger partial charge in [0, 0.05) is 13.0 Å². The van der Waals surface area contributed by atoms with Gasteiger partial charge in [-0.25, -0.2) is 9.78 Å². The van der Waals surface area contributed by atoms with Crippen LogP contribution in [0.2, 0.25) is 0 Å². The maximum absolute atomic E-state index is 12.0. The summed E-state index contributed by atoms with van der Waals surface area (Å²) in [5, 5.41) is 0. The minimum absolute atomic E-state index is 0.0705. The molecule has 2 rings (SSSR count). The van der Waals surface area contributed by atoms with E-state index in [1.54, 1.807) is 16.2 Å². The maximum atomic E-state index is 12.0. The third kappa shape index (κ3) is 2.60. The Hall–Kier alpha value is -1.10. The third-order valence-electron chi connectivity index (χ3n) is 2.74. The monoisotopic (exact) mass is 254 g/mol. The van der Waals surface area contributed by atoms with Gasteiger partial charge in [0.2, 0.25) is 0 Å². The van der Waals surface area contributed by atoms with E-state index in [0.29, 0.717) is 6.54 Å². The number of nitrogens with zero attached hydrogens (tertiary/aromatic N) is 2. The van der Waals surface area contributed by atoms with Crippen molar-refractivity contribution in [3.63, 3.8) is 0 Å². The summed E-state index contributed by atoms with van der Waals surface area (Å²) in [5.74, 6) is 0. The Labute approximate surface area is 106 Å². The van der Waals surface area contributed by atoms with Gasteiger partial charge in [0.1, 0.15) is 5.60 Å². The van der Waals surface area contributed by atoms with Crippen LogP contribution in [0.15, 0.2) is 5.51 Å². The number of carbonyl (C=O) groups excluding carboxylic acids is 1. The number of amides is 1. The molecule has 0 radical (unpaired) electrons. The van der Waals surface area contributed by atoms with Crippen LogP contribution in [0.25, 0.3) is 0 Å². The summed E-state index contributed by atoms with van der Waals surface area (Å²) in [5.41, 5.74) is 2.53. The third-order valence-corrected chi connectivity index (χ3v) is 3.78. The van der Waals surface area contributed by atoms with Crippen molar-refractivity contribution >= 4 is 17.4 Å². The molecule has 0 fully saturated rings. The largest absolute Gasteiger partial charge is 0.444 e. The van der Waals surface area contributed by atoms with Crippen LogP contribution in [0.3, 0.4) is 0 Å². The van der Waals surface area contributed by atoms with Gasteiger partial charge in [-0.2, -0.15) is 0 Å². The number of thiazole rings is 1. The number of carbonyl (C=O) groups is 1. The van der Waals surface area contributed by atoms with Crippen LogP contribution >= 0.6 is 11.3 Å². The van der Waals surface area contributed by atoms with Crippen molar-refractivity contribution in [3.05, 3.63) is 16.1 Å². The SMILES string of the molecule is C[C@@H]1c2scnc2CCN1C(=O)OC(C)(C)C. The van der Waals surface area contributed by atoms with Crippen LogP contribution in [0.1, 0.15) is 44.3 Å². The minimum Gasteiger partial charge on any atom is -0.444 e. The van der Waals surface area contributed by atoms with Crippen molar-refractivity contribution < 1.29 is 9.53 Å². The van der Waals surface area contributed by atoms with Gasteiger partial charge in [0.15, 0.2) is 0 Å². The Morgan fingerprint density at radius 2 is 2.29 bits per heavy atom. The van der Waals surface area contributed by atoms with Gasteiger partial charge >= 0.3 is 6.09 Å². The summed E-state index contributed by atoms with van der Waals surface area (Å²) < 4.78 is 5.41. The van der Waals surface area contributed by atoms with E-state index in [1.807, 2.05) is 33.2 Å². The highest BCUT2D eigenvalue weighted by atomic mass is 32.1. The van der Waals surface area contributed by atoms with E-state index in [4.69, 9.17) is 4.74 Å². The molecule has 5 heteroatoms. The molecule has 0 aromatic carbocycles. The predicted octanol–water partition coefficient (Wildman–Crippen LogP) is 3.00. The van der Waals surface area contributed by atoms with E-state index in [0.717, 1.165) is 12.1 Å². The molecule has 4 nitrogen and oxygen atoms in total. The Kier molecular flexibility index (Phi) is 3.12. The second-order valence-corrected chi connectivity index (χ2v) is 6.15. The topological polar surface area (TPSA) is 42.4 Å². The molecule has 0 aliphatic carbocycles. The number of fused-ring (bicyclic) bond motifs is 1. The smallest absolute Gasteiger partial charge is 0.410 e. The molecule has 17 heavy (non-hydrogen) atoms. The Morgan fingerprint density at radius 1 is 1.59 bits per heavy atom. The Balaban J connectivity index is 2.12. The second kappa shape index (κ2) is 4.29. The van der Waals surface area contributed by atoms with Crippen LogP contribution in [-0.4, -0.2) is 28.1 Å². The van der Waals surface area contributed by atoms with Gasteiger partial charge in [0.05, 0.1) is 22.1 Å². The van der Waals surface area contributed by atoms with Crippen LogP contribution < -0.4 is 0 Å². The standard InChI is InChI=1S/C12H18N2O2S/c1-8-10-9(13-7-17-10)5-6-14(8)11(15)16-12(2,3)4/h7-8H,5-6H2,1-4H3/t8-/m1/s1. The van der Waals surface area contributed by atoms with Crippen molar-refractivity contribution in [1.29, 1.82) is 0 Å².